The number of aromatic nitrogens is 2. The average molecular weight is 259 g/mol. The van der Waals surface area contributed by atoms with Crippen LogP contribution in [0.15, 0.2) is 36.5 Å². The van der Waals surface area contributed by atoms with Gasteiger partial charge in [-0.1, -0.05) is 18.2 Å². The molecule has 2 N–H and O–H groups in total. The van der Waals surface area contributed by atoms with Crippen LogP contribution < -0.4 is 10.5 Å². The van der Waals surface area contributed by atoms with E-state index in [1.54, 1.807) is 7.11 Å². The van der Waals surface area contributed by atoms with E-state index in [9.17, 15) is 0 Å². The van der Waals surface area contributed by atoms with Gasteiger partial charge in [-0.2, -0.15) is 5.10 Å². The zero-order chi connectivity index (χ0) is 13.9. The standard InChI is InChI=1S/C15H21N3O/c1-15(16,10-8-12-9-11-17-18(12)2)13-6-4-5-7-14(13)19-3/h4-7,9,11H,8,10,16H2,1-3H3. The zero-order valence-corrected chi connectivity index (χ0v) is 11.8. The molecule has 2 rings (SSSR count). The maximum Gasteiger partial charge on any atom is 0.123 e. The Morgan fingerprint density at radius 3 is 2.68 bits per heavy atom. The lowest BCUT2D eigenvalue weighted by molar-refractivity contribution is 0.376. The number of para-hydroxylation sites is 1. The van der Waals surface area contributed by atoms with Gasteiger partial charge in [-0.25, -0.2) is 0 Å². The van der Waals surface area contributed by atoms with Gasteiger partial charge in [-0.15, -0.1) is 0 Å². The highest BCUT2D eigenvalue weighted by Crippen LogP contribution is 2.31. The average Bonchev–Trinajstić information content (AvgIpc) is 2.82. The highest BCUT2D eigenvalue weighted by Gasteiger charge is 2.24. The molecular formula is C15H21N3O. The van der Waals surface area contributed by atoms with Crippen molar-refractivity contribution in [2.24, 2.45) is 12.8 Å². The van der Waals surface area contributed by atoms with E-state index in [2.05, 4.69) is 5.10 Å². The summed E-state index contributed by atoms with van der Waals surface area (Å²) in [4.78, 5) is 0. The van der Waals surface area contributed by atoms with Crippen LogP contribution in [0.1, 0.15) is 24.6 Å². The molecule has 0 saturated carbocycles. The number of rotatable bonds is 5. The van der Waals surface area contributed by atoms with Gasteiger partial charge in [-0.3, -0.25) is 4.68 Å². The van der Waals surface area contributed by atoms with Crippen LogP contribution in [0.3, 0.4) is 0 Å². The van der Waals surface area contributed by atoms with Crippen molar-refractivity contribution in [2.45, 2.75) is 25.3 Å². The molecule has 1 aromatic carbocycles. The predicted octanol–water partition coefficient (Wildman–Crippen LogP) is 2.24. The number of ether oxygens (including phenoxy) is 1. The Labute approximate surface area is 114 Å². The molecule has 0 radical (unpaired) electrons. The van der Waals surface area contributed by atoms with Gasteiger partial charge in [0, 0.05) is 30.0 Å². The number of hydrogen-bond acceptors (Lipinski definition) is 3. The molecule has 1 atom stereocenters. The molecule has 1 aromatic heterocycles. The minimum atomic E-state index is -0.420. The quantitative estimate of drug-likeness (QED) is 0.896. The van der Waals surface area contributed by atoms with Crippen LogP contribution in [0, 0.1) is 0 Å². The lowest BCUT2D eigenvalue weighted by Gasteiger charge is -2.27. The molecule has 0 aliphatic rings. The SMILES string of the molecule is COc1ccccc1C(C)(N)CCc1ccnn1C. The van der Waals surface area contributed by atoms with E-state index in [0.29, 0.717) is 0 Å². The van der Waals surface area contributed by atoms with Crippen molar-refractivity contribution in [1.82, 2.24) is 9.78 Å². The number of benzene rings is 1. The van der Waals surface area contributed by atoms with Crippen LogP contribution in [0.25, 0.3) is 0 Å². The molecule has 102 valence electrons. The number of nitrogens with two attached hydrogens (primary N) is 1. The van der Waals surface area contributed by atoms with Crippen molar-refractivity contribution in [3.05, 3.63) is 47.8 Å². The first-order chi connectivity index (χ1) is 9.04. The summed E-state index contributed by atoms with van der Waals surface area (Å²) in [6.45, 7) is 2.04. The van der Waals surface area contributed by atoms with Crippen molar-refractivity contribution in [3.63, 3.8) is 0 Å². The van der Waals surface area contributed by atoms with Gasteiger partial charge in [-0.05, 0) is 31.9 Å². The number of hydrogen-bond donors (Lipinski definition) is 1. The molecule has 0 fully saturated rings. The molecule has 0 bridgehead atoms. The van der Waals surface area contributed by atoms with E-state index in [-0.39, 0.29) is 0 Å². The summed E-state index contributed by atoms with van der Waals surface area (Å²) in [5, 5.41) is 4.17. The van der Waals surface area contributed by atoms with Crippen molar-refractivity contribution < 1.29 is 4.74 Å². The number of nitrogens with zero attached hydrogens (tertiary/aromatic N) is 2. The number of methoxy groups -OCH3 is 1. The summed E-state index contributed by atoms with van der Waals surface area (Å²) in [5.41, 5.74) is 8.28. The van der Waals surface area contributed by atoms with Gasteiger partial charge < -0.3 is 10.5 Å². The topological polar surface area (TPSA) is 53.1 Å². The Morgan fingerprint density at radius 2 is 2.05 bits per heavy atom. The van der Waals surface area contributed by atoms with E-state index in [1.165, 1.54) is 5.69 Å². The maximum absolute atomic E-state index is 6.47. The fourth-order valence-corrected chi connectivity index (χ4v) is 2.29. The molecule has 1 heterocycles. The van der Waals surface area contributed by atoms with E-state index in [4.69, 9.17) is 10.5 Å². The van der Waals surface area contributed by atoms with Crippen LogP contribution in [0.5, 0.6) is 5.75 Å². The molecule has 2 aromatic rings. The van der Waals surface area contributed by atoms with Crippen molar-refractivity contribution in [2.75, 3.05) is 7.11 Å². The second-order valence-electron chi connectivity index (χ2n) is 5.06. The van der Waals surface area contributed by atoms with Crippen LogP contribution in [0.4, 0.5) is 0 Å². The highest BCUT2D eigenvalue weighted by molar-refractivity contribution is 5.38. The van der Waals surface area contributed by atoms with Gasteiger partial charge in [0.15, 0.2) is 0 Å². The molecule has 0 amide bonds. The largest absolute Gasteiger partial charge is 0.496 e. The van der Waals surface area contributed by atoms with Crippen molar-refractivity contribution >= 4 is 0 Å². The van der Waals surface area contributed by atoms with Crippen LogP contribution >= 0.6 is 0 Å². The Morgan fingerprint density at radius 1 is 1.32 bits per heavy atom. The van der Waals surface area contributed by atoms with E-state index < -0.39 is 5.54 Å². The van der Waals surface area contributed by atoms with Gasteiger partial charge in [0.2, 0.25) is 0 Å². The van der Waals surface area contributed by atoms with Crippen LogP contribution in [-0.2, 0) is 19.0 Å². The van der Waals surface area contributed by atoms with Gasteiger partial charge in [0.25, 0.3) is 0 Å². The lowest BCUT2D eigenvalue weighted by atomic mass is 9.87. The summed E-state index contributed by atoms with van der Waals surface area (Å²) in [7, 11) is 3.63. The van der Waals surface area contributed by atoms with Gasteiger partial charge in [0.05, 0.1) is 7.11 Å². The predicted molar refractivity (Wildman–Crippen MR) is 76.1 cm³/mol. The Kier molecular flexibility index (Phi) is 3.90. The Bertz CT molecular complexity index is 546. The number of aryl methyl sites for hydroxylation is 2. The first kappa shape index (κ1) is 13.6. The van der Waals surface area contributed by atoms with E-state index in [0.717, 1.165) is 24.2 Å². The summed E-state index contributed by atoms with van der Waals surface area (Å²) in [6.07, 6.45) is 3.54. The summed E-state index contributed by atoms with van der Waals surface area (Å²) >= 11 is 0. The van der Waals surface area contributed by atoms with Crippen LogP contribution in [0.2, 0.25) is 0 Å². The molecule has 4 nitrogen and oxygen atoms in total. The third-order valence-electron chi connectivity index (χ3n) is 3.55. The summed E-state index contributed by atoms with van der Waals surface area (Å²) in [6, 6.07) is 9.96. The molecule has 0 aliphatic heterocycles. The Balaban J connectivity index is 2.16. The minimum Gasteiger partial charge on any atom is -0.496 e. The summed E-state index contributed by atoms with van der Waals surface area (Å²) in [5.74, 6) is 0.845. The molecular weight excluding hydrogens is 238 g/mol. The third kappa shape index (κ3) is 2.96. The fraction of sp³-hybridized carbons (Fsp3) is 0.400. The lowest BCUT2D eigenvalue weighted by Crippen LogP contribution is -2.34. The third-order valence-corrected chi connectivity index (χ3v) is 3.55. The van der Waals surface area contributed by atoms with Crippen molar-refractivity contribution in [1.29, 1.82) is 0 Å². The van der Waals surface area contributed by atoms with Crippen molar-refractivity contribution in [3.8, 4) is 5.75 Å². The Hall–Kier alpha value is -1.81. The van der Waals surface area contributed by atoms with Gasteiger partial charge >= 0.3 is 0 Å². The monoisotopic (exact) mass is 259 g/mol. The molecule has 1 unspecified atom stereocenters. The molecule has 0 saturated heterocycles. The van der Waals surface area contributed by atoms with E-state index >= 15 is 0 Å². The normalized spacial score (nSPS) is 14.1. The molecule has 0 aliphatic carbocycles. The fourth-order valence-electron chi connectivity index (χ4n) is 2.29. The molecule has 4 heteroatoms. The van der Waals surface area contributed by atoms with E-state index in [1.807, 2.05) is 55.2 Å². The molecule has 0 spiro atoms. The zero-order valence-electron chi connectivity index (χ0n) is 11.8. The summed E-state index contributed by atoms with van der Waals surface area (Å²) < 4.78 is 7.28. The van der Waals surface area contributed by atoms with Gasteiger partial charge in [0.1, 0.15) is 5.75 Å². The first-order valence-electron chi connectivity index (χ1n) is 6.44. The second-order valence-corrected chi connectivity index (χ2v) is 5.06. The van der Waals surface area contributed by atoms with Crippen LogP contribution in [-0.4, -0.2) is 16.9 Å². The smallest absolute Gasteiger partial charge is 0.123 e. The molecule has 19 heavy (non-hydrogen) atoms. The highest BCUT2D eigenvalue weighted by atomic mass is 16.5. The second kappa shape index (κ2) is 5.45. The minimum absolute atomic E-state index is 0.420. The first-order valence-corrected chi connectivity index (χ1v) is 6.44. The maximum atomic E-state index is 6.47.